The van der Waals surface area contributed by atoms with Crippen LogP contribution in [0.25, 0.3) is 0 Å². The van der Waals surface area contributed by atoms with Crippen LogP contribution in [-0.2, 0) is 4.79 Å². The molecule has 0 fully saturated rings. The van der Waals surface area contributed by atoms with E-state index in [4.69, 9.17) is 28.9 Å². The molecule has 112 valence electrons. The maximum atomic E-state index is 11.9. The summed E-state index contributed by atoms with van der Waals surface area (Å²) in [6.45, 7) is 2.83. The molecule has 1 unspecified atom stereocenters. The molecule has 0 aliphatic carbocycles. The molecule has 0 saturated carbocycles. The molecule has 0 heterocycles. The molecule has 20 heavy (non-hydrogen) atoms. The number of halogens is 2. The van der Waals surface area contributed by atoms with Crippen LogP contribution in [0, 0.1) is 5.92 Å². The van der Waals surface area contributed by atoms with E-state index in [9.17, 15) is 4.79 Å². The Morgan fingerprint density at radius 1 is 1.25 bits per heavy atom. The highest BCUT2D eigenvalue weighted by molar-refractivity contribution is 6.42. The molecule has 3 N–H and O–H groups in total. The van der Waals surface area contributed by atoms with E-state index in [1.165, 1.54) is 0 Å². The van der Waals surface area contributed by atoms with Crippen LogP contribution in [0.15, 0.2) is 18.2 Å². The number of rotatable bonds is 8. The lowest BCUT2D eigenvalue weighted by Gasteiger charge is -2.14. The Morgan fingerprint density at radius 2 is 2.00 bits per heavy atom. The highest BCUT2D eigenvalue weighted by atomic mass is 35.5. The average molecular weight is 317 g/mol. The van der Waals surface area contributed by atoms with Crippen LogP contribution >= 0.6 is 23.2 Å². The normalized spacial score (nSPS) is 12.2. The molecule has 1 atom stereocenters. The van der Waals surface area contributed by atoms with Crippen LogP contribution in [0.4, 0.5) is 5.69 Å². The highest BCUT2D eigenvalue weighted by Gasteiger charge is 2.10. The van der Waals surface area contributed by atoms with Crippen LogP contribution in [-0.4, -0.2) is 12.5 Å². The largest absolute Gasteiger partial charge is 0.330 e. The Hall–Kier alpha value is -0.770. The molecule has 1 aromatic carbocycles. The van der Waals surface area contributed by atoms with Crippen molar-refractivity contribution in [2.24, 2.45) is 11.7 Å². The zero-order chi connectivity index (χ0) is 15.0. The van der Waals surface area contributed by atoms with Crippen LogP contribution < -0.4 is 11.1 Å². The molecule has 1 aromatic rings. The Morgan fingerprint density at radius 3 is 2.60 bits per heavy atom. The summed E-state index contributed by atoms with van der Waals surface area (Å²) in [5.74, 6) is 0.533. The minimum Gasteiger partial charge on any atom is -0.330 e. The van der Waals surface area contributed by atoms with E-state index in [1.807, 2.05) is 0 Å². The predicted octanol–water partition coefficient (Wildman–Crippen LogP) is 4.48. The summed E-state index contributed by atoms with van der Waals surface area (Å²) < 4.78 is 0. The fourth-order valence-electron chi connectivity index (χ4n) is 2.21. The predicted molar refractivity (Wildman–Crippen MR) is 86.4 cm³/mol. The van der Waals surface area contributed by atoms with Gasteiger partial charge in [-0.1, -0.05) is 43.0 Å². The molecule has 0 bridgehead atoms. The molecule has 0 saturated heterocycles. The van der Waals surface area contributed by atoms with E-state index in [-0.39, 0.29) is 5.91 Å². The SMILES string of the molecule is CCCC(CCN)CCC(=O)Nc1ccc(Cl)c(Cl)c1. The van der Waals surface area contributed by atoms with Crippen LogP contribution in [0.2, 0.25) is 10.0 Å². The van der Waals surface area contributed by atoms with Crippen molar-refractivity contribution in [3.8, 4) is 0 Å². The fourth-order valence-corrected chi connectivity index (χ4v) is 2.51. The van der Waals surface area contributed by atoms with E-state index in [0.29, 0.717) is 34.6 Å². The van der Waals surface area contributed by atoms with Gasteiger partial charge >= 0.3 is 0 Å². The van der Waals surface area contributed by atoms with Gasteiger partial charge in [-0.25, -0.2) is 0 Å². The second-order valence-corrected chi connectivity index (χ2v) is 5.76. The van der Waals surface area contributed by atoms with Gasteiger partial charge in [-0.2, -0.15) is 0 Å². The zero-order valence-corrected chi connectivity index (χ0v) is 13.3. The standard InChI is InChI=1S/C15H22Cl2N2O/c1-2-3-11(8-9-18)4-7-15(20)19-12-5-6-13(16)14(17)10-12/h5-6,10-11H,2-4,7-9,18H2,1H3,(H,19,20). The molecule has 0 radical (unpaired) electrons. The van der Waals surface area contributed by atoms with Gasteiger partial charge in [-0.05, 0) is 43.5 Å². The lowest BCUT2D eigenvalue weighted by molar-refractivity contribution is -0.116. The van der Waals surface area contributed by atoms with E-state index in [0.717, 1.165) is 25.7 Å². The van der Waals surface area contributed by atoms with Gasteiger partial charge in [0.15, 0.2) is 0 Å². The summed E-state index contributed by atoms with van der Waals surface area (Å²) >= 11 is 11.7. The van der Waals surface area contributed by atoms with Gasteiger partial charge in [-0.15, -0.1) is 0 Å². The van der Waals surface area contributed by atoms with Crippen molar-refractivity contribution in [2.75, 3.05) is 11.9 Å². The molecule has 3 nitrogen and oxygen atoms in total. The smallest absolute Gasteiger partial charge is 0.224 e. The summed E-state index contributed by atoms with van der Waals surface area (Å²) in [7, 11) is 0. The lowest BCUT2D eigenvalue weighted by atomic mass is 9.94. The Kier molecular flexibility index (Phi) is 7.97. The van der Waals surface area contributed by atoms with Gasteiger partial charge in [0, 0.05) is 12.1 Å². The summed E-state index contributed by atoms with van der Waals surface area (Å²) in [5.41, 5.74) is 6.27. The molecule has 0 spiro atoms. The molecule has 1 rings (SSSR count). The molecule has 0 aromatic heterocycles. The lowest BCUT2D eigenvalue weighted by Crippen LogP contribution is -2.15. The number of amides is 1. The van der Waals surface area contributed by atoms with Crippen LogP contribution in [0.3, 0.4) is 0 Å². The van der Waals surface area contributed by atoms with Gasteiger partial charge in [-0.3, -0.25) is 4.79 Å². The minimum absolute atomic E-state index is 0.00140. The first-order valence-corrected chi connectivity index (χ1v) is 7.77. The number of hydrogen-bond acceptors (Lipinski definition) is 2. The number of nitrogens with two attached hydrogens (primary N) is 1. The van der Waals surface area contributed by atoms with Crippen molar-refractivity contribution < 1.29 is 4.79 Å². The molecule has 1 amide bonds. The fraction of sp³-hybridized carbons (Fsp3) is 0.533. The number of anilines is 1. The maximum Gasteiger partial charge on any atom is 0.224 e. The molecular formula is C15H22Cl2N2O. The average Bonchev–Trinajstić information content (AvgIpc) is 2.41. The number of nitrogens with one attached hydrogen (secondary N) is 1. The zero-order valence-electron chi connectivity index (χ0n) is 11.8. The van der Waals surface area contributed by atoms with Gasteiger partial charge in [0.1, 0.15) is 0 Å². The van der Waals surface area contributed by atoms with Gasteiger partial charge in [0.2, 0.25) is 5.91 Å². The number of carbonyl (C=O) groups is 1. The molecule has 5 heteroatoms. The van der Waals surface area contributed by atoms with E-state index in [2.05, 4.69) is 12.2 Å². The molecular weight excluding hydrogens is 295 g/mol. The van der Waals surface area contributed by atoms with Crippen LogP contribution in [0.5, 0.6) is 0 Å². The summed E-state index contributed by atoms with van der Waals surface area (Å²) in [4.78, 5) is 11.9. The number of hydrogen-bond donors (Lipinski definition) is 2. The van der Waals surface area contributed by atoms with Crippen molar-refractivity contribution in [3.05, 3.63) is 28.2 Å². The first kappa shape index (κ1) is 17.3. The van der Waals surface area contributed by atoms with Crippen molar-refractivity contribution in [1.29, 1.82) is 0 Å². The van der Waals surface area contributed by atoms with Crippen LogP contribution in [0.1, 0.15) is 39.0 Å². The van der Waals surface area contributed by atoms with E-state index >= 15 is 0 Å². The summed E-state index contributed by atoms with van der Waals surface area (Å²) in [6, 6.07) is 5.08. The third-order valence-corrected chi connectivity index (χ3v) is 3.99. The second kappa shape index (κ2) is 9.22. The highest BCUT2D eigenvalue weighted by Crippen LogP contribution is 2.25. The van der Waals surface area contributed by atoms with Crippen molar-refractivity contribution in [3.63, 3.8) is 0 Å². The van der Waals surface area contributed by atoms with Gasteiger partial charge in [0.25, 0.3) is 0 Å². The second-order valence-electron chi connectivity index (χ2n) is 4.95. The molecule has 0 aliphatic rings. The van der Waals surface area contributed by atoms with Gasteiger partial charge in [0.05, 0.1) is 10.0 Å². The van der Waals surface area contributed by atoms with E-state index in [1.54, 1.807) is 18.2 Å². The third kappa shape index (κ3) is 6.12. The Balaban J connectivity index is 2.44. The maximum absolute atomic E-state index is 11.9. The minimum atomic E-state index is 0.00140. The monoisotopic (exact) mass is 316 g/mol. The first-order chi connectivity index (χ1) is 9.56. The number of benzene rings is 1. The quantitative estimate of drug-likeness (QED) is 0.743. The van der Waals surface area contributed by atoms with E-state index < -0.39 is 0 Å². The number of carbonyl (C=O) groups excluding carboxylic acids is 1. The van der Waals surface area contributed by atoms with Crippen molar-refractivity contribution >= 4 is 34.8 Å². The topological polar surface area (TPSA) is 55.1 Å². The Bertz CT molecular complexity index is 432. The third-order valence-electron chi connectivity index (χ3n) is 3.25. The van der Waals surface area contributed by atoms with Crippen molar-refractivity contribution in [1.82, 2.24) is 0 Å². The van der Waals surface area contributed by atoms with Gasteiger partial charge < -0.3 is 11.1 Å². The molecule has 0 aliphatic heterocycles. The Labute approximate surface area is 130 Å². The van der Waals surface area contributed by atoms with Crippen molar-refractivity contribution in [2.45, 2.75) is 39.0 Å². The summed E-state index contributed by atoms with van der Waals surface area (Å²) in [5, 5.41) is 3.76. The first-order valence-electron chi connectivity index (χ1n) is 7.01. The summed E-state index contributed by atoms with van der Waals surface area (Å²) in [6.07, 6.45) is 4.60.